The van der Waals surface area contributed by atoms with Crippen molar-refractivity contribution in [3.05, 3.63) is 107 Å². The molecular formula is C23H26. The zero-order valence-corrected chi connectivity index (χ0v) is 14.4. The number of rotatable bonds is 5. The van der Waals surface area contributed by atoms with Gasteiger partial charge in [-0.2, -0.15) is 0 Å². The van der Waals surface area contributed by atoms with Gasteiger partial charge in [-0.3, -0.25) is 0 Å². The van der Waals surface area contributed by atoms with Crippen LogP contribution in [0.5, 0.6) is 0 Å². The van der Waals surface area contributed by atoms with E-state index in [1.165, 1.54) is 27.9 Å². The van der Waals surface area contributed by atoms with E-state index in [4.69, 9.17) is 0 Å². The molecule has 23 heavy (non-hydrogen) atoms. The van der Waals surface area contributed by atoms with Crippen LogP contribution < -0.4 is 0 Å². The van der Waals surface area contributed by atoms with Gasteiger partial charge in [0.15, 0.2) is 0 Å². The van der Waals surface area contributed by atoms with Gasteiger partial charge in [-0.1, -0.05) is 79.5 Å². The lowest BCUT2D eigenvalue weighted by Gasteiger charge is -2.21. The maximum absolute atomic E-state index is 3.82. The Bertz CT molecular complexity index is 694. The molecule has 0 aromatic carbocycles. The molecule has 0 heterocycles. The lowest BCUT2D eigenvalue weighted by atomic mass is 9.82. The Kier molecular flexibility index (Phi) is 6.17. The Morgan fingerprint density at radius 1 is 0.957 bits per heavy atom. The third-order valence-corrected chi connectivity index (χ3v) is 4.22. The van der Waals surface area contributed by atoms with Crippen molar-refractivity contribution in [3.8, 4) is 0 Å². The van der Waals surface area contributed by atoms with Crippen LogP contribution in [0.3, 0.4) is 0 Å². The zero-order chi connectivity index (χ0) is 16.7. The van der Waals surface area contributed by atoms with Gasteiger partial charge in [-0.15, -0.1) is 0 Å². The van der Waals surface area contributed by atoms with Crippen molar-refractivity contribution in [1.82, 2.24) is 0 Å². The van der Waals surface area contributed by atoms with Crippen LogP contribution in [-0.4, -0.2) is 0 Å². The van der Waals surface area contributed by atoms with Crippen molar-refractivity contribution in [2.24, 2.45) is 5.92 Å². The lowest BCUT2D eigenvalue weighted by molar-refractivity contribution is 0.751. The molecule has 0 amide bonds. The minimum Gasteiger partial charge on any atom is -0.0991 e. The van der Waals surface area contributed by atoms with Crippen molar-refractivity contribution < 1.29 is 0 Å². The van der Waals surface area contributed by atoms with E-state index in [0.717, 1.165) is 6.42 Å². The van der Waals surface area contributed by atoms with E-state index < -0.39 is 0 Å². The highest BCUT2D eigenvalue weighted by atomic mass is 14.4. The summed E-state index contributed by atoms with van der Waals surface area (Å²) in [5.74, 6) is 0.456. The van der Waals surface area contributed by atoms with Gasteiger partial charge in [0.2, 0.25) is 0 Å². The Labute approximate surface area is 141 Å². The van der Waals surface area contributed by atoms with E-state index in [1.54, 1.807) is 0 Å². The third kappa shape index (κ3) is 3.53. The second-order valence-electron chi connectivity index (χ2n) is 5.61. The molecule has 0 radical (unpaired) electrons. The smallest absolute Gasteiger partial charge is 0.0142 e. The molecule has 0 bridgehead atoms. The summed E-state index contributed by atoms with van der Waals surface area (Å²) in [5.41, 5.74) is 6.84. The predicted octanol–water partition coefficient (Wildman–Crippen LogP) is 6.57. The van der Waals surface area contributed by atoms with E-state index in [1.807, 2.05) is 19.1 Å². The number of hydrogen-bond donors (Lipinski definition) is 0. The molecule has 0 heteroatoms. The van der Waals surface area contributed by atoms with Crippen LogP contribution in [0, 0.1) is 5.92 Å². The number of fused-ring (bicyclic) bond motifs is 1. The van der Waals surface area contributed by atoms with E-state index in [0.29, 0.717) is 5.92 Å². The van der Waals surface area contributed by atoms with Crippen LogP contribution in [0.4, 0.5) is 0 Å². The van der Waals surface area contributed by atoms with Gasteiger partial charge in [0.25, 0.3) is 0 Å². The summed E-state index contributed by atoms with van der Waals surface area (Å²) in [7, 11) is 0. The first-order chi connectivity index (χ1) is 11.3. The molecule has 2 rings (SSSR count). The van der Waals surface area contributed by atoms with Crippen molar-refractivity contribution in [3.63, 3.8) is 0 Å². The number of allylic oxidation sites excluding steroid dienone is 17. The molecule has 2 aliphatic carbocycles. The Morgan fingerprint density at radius 2 is 1.74 bits per heavy atom. The first-order valence-corrected chi connectivity index (χ1v) is 8.31. The van der Waals surface area contributed by atoms with Crippen LogP contribution in [0.2, 0.25) is 0 Å². The minimum atomic E-state index is 0.456. The second-order valence-corrected chi connectivity index (χ2v) is 5.61. The zero-order valence-electron chi connectivity index (χ0n) is 14.4. The quantitative estimate of drug-likeness (QED) is 0.504. The van der Waals surface area contributed by atoms with Gasteiger partial charge in [0.05, 0.1) is 0 Å². The average Bonchev–Trinajstić information content (AvgIpc) is 2.87. The molecule has 0 saturated heterocycles. The summed E-state index contributed by atoms with van der Waals surface area (Å²) in [4.78, 5) is 0. The van der Waals surface area contributed by atoms with E-state index in [2.05, 4.69) is 81.2 Å². The topological polar surface area (TPSA) is 0 Å². The SMILES string of the molecule is C=C/C=C\C1=C2C(=C\C)/C=CCC2C(/C=C\C)=C1/C=C\C=C/C. The summed E-state index contributed by atoms with van der Waals surface area (Å²) in [5, 5.41) is 0. The van der Waals surface area contributed by atoms with Gasteiger partial charge in [-0.05, 0) is 55.1 Å². The maximum Gasteiger partial charge on any atom is 0.0142 e. The molecule has 0 aromatic heterocycles. The first-order valence-electron chi connectivity index (χ1n) is 8.31. The highest BCUT2D eigenvalue weighted by molar-refractivity contribution is 5.69. The fraction of sp³-hybridized carbons (Fsp3) is 0.217. The molecule has 0 N–H and O–H groups in total. The third-order valence-electron chi connectivity index (χ3n) is 4.22. The standard InChI is InChI=1S/C23H26/c1-5-9-11-16-20-19(13-7-3)22-17-12-14-18(8-4)23(22)21(20)15-10-6-2/h5-16,22H,2,17H2,1,3-4H3/b9-5-,13-7-,15-10-,16-11-,18-8-. The van der Waals surface area contributed by atoms with Gasteiger partial charge >= 0.3 is 0 Å². The lowest BCUT2D eigenvalue weighted by Crippen LogP contribution is -2.08. The summed E-state index contributed by atoms with van der Waals surface area (Å²) >= 11 is 0. The molecule has 0 fully saturated rings. The predicted molar refractivity (Wildman–Crippen MR) is 103 cm³/mol. The summed E-state index contributed by atoms with van der Waals surface area (Å²) in [6.45, 7) is 10.1. The van der Waals surface area contributed by atoms with Crippen molar-refractivity contribution in [2.75, 3.05) is 0 Å². The summed E-state index contributed by atoms with van der Waals surface area (Å²) in [6, 6.07) is 0. The van der Waals surface area contributed by atoms with Gasteiger partial charge in [-0.25, -0.2) is 0 Å². The van der Waals surface area contributed by atoms with Crippen molar-refractivity contribution in [2.45, 2.75) is 27.2 Å². The first kappa shape index (κ1) is 17.0. The highest BCUT2D eigenvalue weighted by Gasteiger charge is 2.32. The molecule has 1 atom stereocenters. The van der Waals surface area contributed by atoms with Crippen LogP contribution in [-0.2, 0) is 0 Å². The Morgan fingerprint density at radius 3 is 2.39 bits per heavy atom. The van der Waals surface area contributed by atoms with Crippen LogP contribution in [0.25, 0.3) is 0 Å². The Hall–Kier alpha value is -2.34. The monoisotopic (exact) mass is 302 g/mol. The van der Waals surface area contributed by atoms with E-state index >= 15 is 0 Å². The normalized spacial score (nSPS) is 23.6. The largest absolute Gasteiger partial charge is 0.0991 e. The van der Waals surface area contributed by atoms with Crippen LogP contribution in [0.1, 0.15) is 27.2 Å². The molecule has 0 saturated carbocycles. The van der Waals surface area contributed by atoms with Crippen molar-refractivity contribution >= 4 is 0 Å². The molecule has 2 aliphatic rings. The summed E-state index contributed by atoms with van der Waals surface area (Å²) < 4.78 is 0. The minimum absolute atomic E-state index is 0.456. The fourth-order valence-electron chi connectivity index (χ4n) is 3.28. The van der Waals surface area contributed by atoms with Gasteiger partial charge in [0, 0.05) is 5.92 Å². The Balaban J connectivity index is 2.67. The molecule has 0 aliphatic heterocycles. The molecule has 118 valence electrons. The van der Waals surface area contributed by atoms with Crippen LogP contribution in [0.15, 0.2) is 107 Å². The highest BCUT2D eigenvalue weighted by Crippen LogP contribution is 2.47. The maximum atomic E-state index is 3.82. The van der Waals surface area contributed by atoms with E-state index in [9.17, 15) is 0 Å². The molecule has 0 aromatic rings. The van der Waals surface area contributed by atoms with Crippen LogP contribution >= 0.6 is 0 Å². The fourth-order valence-corrected chi connectivity index (χ4v) is 3.28. The second kappa shape index (κ2) is 8.33. The molecule has 1 unspecified atom stereocenters. The molecule has 0 spiro atoms. The van der Waals surface area contributed by atoms with Gasteiger partial charge < -0.3 is 0 Å². The number of hydrogen-bond acceptors (Lipinski definition) is 0. The van der Waals surface area contributed by atoms with Crippen molar-refractivity contribution in [1.29, 1.82) is 0 Å². The molecule has 0 nitrogen and oxygen atoms in total. The summed E-state index contributed by atoms with van der Waals surface area (Å²) in [6.07, 6.45) is 26.8. The van der Waals surface area contributed by atoms with Gasteiger partial charge in [0.1, 0.15) is 0 Å². The average molecular weight is 302 g/mol. The molecular weight excluding hydrogens is 276 g/mol. The van der Waals surface area contributed by atoms with E-state index in [-0.39, 0.29) is 0 Å².